The molecule has 0 spiro atoms. The maximum atomic E-state index is 13.0. The third-order valence-electron chi connectivity index (χ3n) is 3.60. The number of ether oxygens (including phenoxy) is 1. The number of carbonyl (C=O) groups excluding carboxylic acids is 2. The fraction of sp³-hybridized carbons (Fsp3) is 0.500. The first-order chi connectivity index (χ1) is 11.4. The van der Waals surface area contributed by atoms with E-state index in [2.05, 4.69) is 10.6 Å². The van der Waals surface area contributed by atoms with E-state index >= 15 is 0 Å². The zero-order valence-corrected chi connectivity index (χ0v) is 13.5. The summed E-state index contributed by atoms with van der Waals surface area (Å²) in [6.45, 7) is 1.33. The number of nitrogens with zero attached hydrogens (tertiary/aromatic N) is 1. The van der Waals surface area contributed by atoms with Crippen LogP contribution in [-0.4, -0.2) is 56.1 Å². The van der Waals surface area contributed by atoms with Crippen LogP contribution in [0.1, 0.15) is 12.8 Å². The molecule has 1 aliphatic rings. The van der Waals surface area contributed by atoms with E-state index in [1.807, 2.05) is 11.9 Å². The zero-order valence-electron chi connectivity index (χ0n) is 13.5. The Labute approximate surface area is 139 Å². The van der Waals surface area contributed by atoms with Crippen molar-refractivity contribution in [1.29, 1.82) is 0 Å². The van der Waals surface area contributed by atoms with E-state index in [-0.39, 0.29) is 30.8 Å². The Morgan fingerprint density at radius 3 is 2.75 bits per heavy atom. The van der Waals surface area contributed by atoms with Gasteiger partial charge in [0.25, 0.3) is 0 Å². The molecule has 6 nitrogen and oxygen atoms in total. The summed E-state index contributed by atoms with van der Waals surface area (Å²) >= 11 is 0. The quantitative estimate of drug-likeness (QED) is 0.780. The fourth-order valence-corrected chi connectivity index (χ4v) is 2.46. The first kappa shape index (κ1) is 18.3. The molecule has 1 aromatic carbocycles. The Balaban J connectivity index is 1.68. The SMILES string of the molecule is CN(CC(=O)NCC(=O)Nc1ccc(F)c(F)c1)C[C@@H]1CCCO1. The molecule has 0 aliphatic carbocycles. The Morgan fingerprint density at radius 1 is 1.29 bits per heavy atom. The van der Waals surface area contributed by atoms with Crippen molar-refractivity contribution in [1.82, 2.24) is 10.2 Å². The summed E-state index contributed by atoms with van der Waals surface area (Å²) in [6.07, 6.45) is 2.18. The highest BCUT2D eigenvalue weighted by molar-refractivity contribution is 5.94. The van der Waals surface area contributed by atoms with Crippen molar-refractivity contribution in [2.24, 2.45) is 0 Å². The van der Waals surface area contributed by atoms with E-state index < -0.39 is 17.5 Å². The smallest absolute Gasteiger partial charge is 0.243 e. The maximum Gasteiger partial charge on any atom is 0.243 e. The molecule has 8 heteroatoms. The molecule has 1 fully saturated rings. The minimum atomic E-state index is -1.05. The average molecular weight is 341 g/mol. The van der Waals surface area contributed by atoms with Gasteiger partial charge in [0.2, 0.25) is 11.8 Å². The Hall–Kier alpha value is -2.06. The second-order valence-electron chi connectivity index (χ2n) is 5.79. The van der Waals surface area contributed by atoms with Crippen LogP contribution in [0, 0.1) is 11.6 Å². The van der Waals surface area contributed by atoms with Crippen LogP contribution in [0.4, 0.5) is 14.5 Å². The summed E-state index contributed by atoms with van der Waals surface area (Å²) < 4.78 is 31.3. The number of halogens is 2. The van der Waals surface area contributed by atoms with E-state index in [0.29, 0.717) is 6.54 Å². The van der Waals surface area contributed by atoms with Crippen LogP contribution in [-0.2, 0) is 14.3 Å². The molecular weight excluding hydrogens is 320 g/mol. The first-order valence-corrected chi connectivity index (χ1v) is 7.76. The van der Waals surface area contributed by atoms with Crippen molar-refractivity contribution in [3.63, 3.8) is 0 Å². The molecule has 2 rings (SSSR count). The molecule has 0 saturated carbocycles. The third-order valence-corrected chi connectivity index (χ3v) is 3.60. The first-order valence-electron chi connectivity index (χ1n) is 7.76. The van der Waals surface area contributed by atoms with Crippen LogP contribution in [0.25, 0.3) is 0 Å². The van der Waals surface area contributed by atoms with Gasteiger partial charge in [0, 0.05) is 24.9 Å². The highest BCUT2D eigenvalue weighted by atomic mass is 19.2. The number of nitrogens with one attached hydrogen (secondary N) is 2. The molecule has 1 heterocycles. The van der Waals surface area contributed by atoms with E-state index in [9.17, 15) is 18.4 Å². The topological polar surface area (TPSA) is 70.7 Å². The number of rotatable bonds is 7. The normalized spacial score (nSPS) is 17.1. The lowest BCUT2D eigenvalue weighted by molar-refractivity contribution is -0.125. The van der Waals surface area contributed by atoms with E-state index in [1.165, 1.54) is 6.07 Å². The van der Waals surface area contributed by atoms with Crippen molar-refractivity contribution >= 4 is 17.5 Å². The van der Waals surface area contributed by atoms with Crippen molar-refractivity contribution < 1.29 is 23.1 Å². The molecule has 132 valence electrons. The summed E-state index contributed by atoms with van der Waals surface area (Å²) in [7, 11) is 1.81. The lowest BCUT2D eigenvalue weighted by Crippen LogP contribution is -2.41. The predicted molar refractivity (Wildman–Crippen MR) is 84.5 cm³/mol. The van der Waals surface area contributed by atoms with E-state index in [0.717, 1.165) is 31.6 Å². The summed E-state index contributed by atoms with van der Waals surface area (Å²) in [5.74, 6) is -2.85. The molecule has 2 amide bonds. The summed E-state index contributed by atoms with van der Waals surface area (Å²) in [5.41, 5.74) is 0.128. The minimum absolute atomic E-state index is 0.128. The molecular formula is C16H21F2N3O3. The lowest BCUT2D eigenvalue weighted by Gasteiger charge is -2.19. The summed E-state index contributed by atoms with van der Waals surface area (Å²) in [5, 5.41) is 4.87. The van der Waals surface area contributed by atoms with Crippen LogP contribution in [0.3, 0.4) is 0 Å². The van der Waals surface area contributed by atoms with Crippen LogP contribution in [0.5, 0.6) is 0 Å². The number of hydrogen-bond donors (Lipinski definition) is 2. The standard InChI is InChI=1S/C16H21F2N3O3/c1-21(9-12-3-2-6-24-12)10-16(23)19-8-15(22)20-11-4-5-13(17)14(18)7-11/h4-5,7,12H,2-3,6,8-10H2,1H3,(H,19,23)(H,20,22)/t12-/m0/s1. The largest absolute Gasteiger partial charge is 0.377 e. The molecule has 1 atom stereocenters. The Kier molecular flexibility index (Phi) is 6.62. The van der Waals surface area contributed by atoms with Crippen molar-refractivity contribution in [3.8, 4) is 0 Å². The van der Waals surface area contributed by atoms with Gasteiger partial charge in [-0.1, -0.05) is 0 Å². The predicted octanol–water partition coefficient (Wildman–Crippen LogP) is 1.13. The number of benzene rings is 1. The highest BCUT2D eigenvalue weighted by Crippen LogP contribution is 2.13. The van der Waals surface area contributed by atoms with Gasteiger partial charge in [-0.2, -0.15) is 0 Å². The number of amides is 2. The Morgan fingerprint density at radius 2 is 2.08 bits per heavy atom. The molecule has 0 unspecified atom stereocenters. The molecule has 24 heavy (non-hydrogen) atoms. The lowest BCUT2D eigenvalue weighted by atomic mass is 10.2. The molecule has 1 saturated heterocycles. The van der Waals surface area contributed by atoms with Gasteiger partial charge < -0.3 is 15.4 Å². The number of hydrogen-bond acceptors (Lipinski definition) is 4. The van der Waals surface area contributed by atoms with Gasteiger partial charge in [-0.25, -0.2) is 8.78 Å². The number of anilines is 1. The third kappa shape index (κ3) is 5.86. The maximum absolute atomic E-state index is 13.0. The zero-order chi connectivity index (χ0) is 17.5. The van der Waals surface area contributed by atoms with E-state index in [1.54, 1.807) is 0 Å². The second kappa shape index (κ2) is 8.70. The van der Waals surface area contributed by atoms with Crippen LogP contribution in [0.15, 0.2) is 18.2 Å². The van der Waals surface area contributed by atoms with Crippen LogP contribution >= 0.6 is 0 Å². The number of carbonyl (C=O) groups is 2. The molecule has 0 radical (unpaired) electrons. The fourth-order valence-electron chi connectivity index (χ4n) is 2.46. The van der Waals surface area contributed by atoms with Crippen molar-refractivity contribution in [2.45, 2.75) is 18.9 Å². The molecule has 0 bridgehead atoms. The minimum Gasteiger partial charge on any atom is -0.377 e. The molecule has 1 aromatic rings. The van der Waals surface area contributed by atoms with Crippen molar-refractivity contribution in [3.05, 3.63) is 29.8 Å². The van der Waals surface area contributed by atoms with E-state index in [4.69, 9.17) is 4.74 Å². The van der Waals surface area contributed by atoms with Gasteiger partial charge >= 0.3 is 0 Å². The molecule has 2 N–H and O–H groups in total. The molecule has 1 aliphatic heterocycles. The average Bonchev–Trinajstić information content (AvgIpc) is 3.01. The van der Waals surface area contributed by atoms with Gasteiger partial charge in [0.15, 0.2) is 11.6 Å². The van der Waals surface area contributed by atoms with Gasteiger partial charge in [-0.15, -0.1) is 0 Å². The van der Waals surface area contributed by atoms with Gasteiger partial charge in [-0.3, -0.25) is 14.5 Å². The monoisotopic (exact) mass is 341 g/mol. The Bertz CT molecular complexity index is 592. The summed E-state index contributed by atoms with van der Waals surface area (Å²) in [6, 6.07) is 3.04. The van der Waals surface area contributed by atoms with Gasteiger partial charge in [0.1, 0.15) is 0 Å². The van der Waals surface area contributed by atoms with Crippen LogP contribution in [0.2, 0.25) is 0 Å². The van der Waals surface area contributed by atoms with Crippen molar-refractivity contribution in [2.75, 3.05) is 38.6 Å². The van der Waals surface area contributed by atoms with Gasteiger partial charge in [-0.05, 0) is 32.0 Å². The summed E-state index contributed by atoms with van der Waals surface area (Å²) in [4.78, 5) is 25.3. The second-order valence-corrected chi connectivity index (χ2v) is 5.79. The molecule has 0 aromatic heterocycles. The van der Waals surface area contributed by atoms with Gasteiger partial charge in [0.05, 0.1) is 19.2 Å². The highest BCUT2D eigenvalue weighted by Gasteiger charge is 2.18. The van der Waals surface area contributed by atoms with Crippen LogP contribution < -0.4 is 10.6 Å². The number of likely N-dealkylation sites (N-methyl/N-ethyl adjacent to an activating group) is 1.